The van der Waals surface area contributed by atoms with E-state index in [9.17, 15) is 9.18 Å². The number of hydrogen-bond acceptors (Lipinski definition) is 1. The van der Waals surface area contributed by atoms with Crippen molar-refractivity contribution < 1.29 is 9.18 Å². The molecule has 0 aliphatic heterocycles. The van der Waals surface area contributed by atoms with Crippen LogP contribution in [0.3, 0.4) is 0 Å². The Morgan fingerprint density at radius 2 is 2.08 bits per heavy atom. The smallest absolute Gasteiger partial charge is 0.317 e. The van der Waals surface area contributed by atoms with Crippen LogP contribution in [0.5, 0.6) is 0 Å². The molecule has 0 aliphatic carbocycles. The van der Waals surface area contributed by atoms with Crippen molar-refractivity contribution in [3.8, 4) is 0 Å². The van der Waals surface area contributed by atoms with Gasteiger partial charge in [-0.25, -0.2) is 9.18 Å². The highest BCUT2D eigenvalue weighted by molar-refractivity contribution is 5.74. The van der Waals surface area contributed by atoms with Crippen LogP contribution in [0.1, 0.15) is 37.9 Å². The summed E-state index contributed by atoms with van der Waals surface area (Å²) in [5, 5.41) is 2.87. The van der Waals surface area contributed by atoms with E-state index in [-0.39, 0.29) is 11.8 Å². The fourth-order valence-corrected chi connectivity index (χ4v) is 2.64. The molecule has 4 nitrogen and oxygen atoms in total. The van der Waals surface area contributed by atoms with E-state index in [0.29, 0.717) is 19.6 Å². The van der Waals surface area contributed by atoms with Crippen LogP contribution in [-0.2, 0) is 13.1 Å². The molecule has 0 radical (unpaired) electrons. The lowest BCUT2D eigenvalue weighted by molar-refractivity contribution is 0.193. The van der Waals surface area contributed by atoms with Crippen LogP contribution < -0.4 is 5.32 Å². The van der Waals surface area contributed by atoms with Crippen LogP contribution >= 0.6 is 0 Å². The Balaban J connectivity index is 2.10. The summed E-state index contributed by atoms with van der Waals surface area (Å²) in [6, 6.07) is 10.6. The molecule has 24 heavy (non-hydrogen) atoms. The van der Waals surface area contributed by atoms with Gasteiger partial charge in [0.15, 0.2) is 0 Å². The number of amides is 2. The van der Waals surface area contributed by atoms with Crippen molar-refractivity contribution >= 4 is 6.03 Å². The van der Waals surface area contributed by atoms with E-state index in [0.717, 1.165) is 30.6 Å². The minimum absolute atomic E-state index is 0.0375. The summed E-state index contributed by atoms with van der Waals surface area (Å²) in [6.07, 6.45) is 3.98. The van der Waals surface area contributed by atoms with Gasteiger partial charge < -0.3 is 14.8 Å². The molecule has 0 aliphatic rings. The molecule has 0 fully saturated rings. The van der Waals surface area contributed by atoms with Crippen molar-refractivity contribution in [1.82, 2.24) is 14.8 Å². The molecule has 130 valence electrons. The second-order valence-corrected chi connectivity index (χ2v) is 5.87. The minimum Gasteiger partial charge on any atom is -0.345 e. The molecule has 0 unspecified atom stereocenters. The quantitative estimate of drug-likeness (QED) is 0.780. The maximum absolute atomic E-state index is 13.4. The number of urea groups is 1. The maximum Gasteiger partial charge on any atom is 0.317 e. The van der Waals surface area contributed by atoms with Gasteiger partial charge in [0.2, 0.25) is 0 Å². The number of benzene rings is 1. The van der Waals surface area contributed by atoms with Gasteiger partial charge in [-0.15, -0.1) is 0 Å². The van der Waals surface area contributed by atoms with Crippen LogP contribution in [0, 0.1) is 5.82 Å². The number of nitrogens with zero attached hydrogens (tertiary/aromatic N) is 2. The van der Waals surface area contributed by atoms with E-state index in [4.69, 9.17) is 0 Å². The van der Waals surface area contributed by atoms with Gasteiger partial charge >= 0.3 is 6.03 Å². The number of hydrogen-bond donors (Lipinski definition) is 1. The zero-order valence-electron chi connectivity index (χ0n) is 14.5. The molecule has 0 saturated heterocycles. The van der Waals surface area contributed by atoms with Crippen LogP contribution in [0.25, 0.3) is 0 Å². The van der Waals surface area contributed by atoms with Gasteiger partial charge in [-0.2, -0.15) is 0 Å². The van der Waals surface area contributed by atoms with Crippen LogP contribution in [0.4, 0.5) is 9.18 Å². The molecule has 1 N–H and O–H groups in total. The summed E-state index contributed by atoms with van der Waals surface area (Å²) < 4.78 is 15.4. The van der Waals surface area contributed by atoms with Crippen molar-refractivity contribution in [2.45, 2.75) is 39.8 Å². The molecule has 0 bridgehead atoms. The fraction of sp³-hybridized carbons (Fsp3) is 0.421. The van der Waals surface area contributed by atoms with Crippen molar-refractivity contribution in [2.75, 3.05) is 13.1 Å². The summed E-state index contributed by atoms with van der Waals surface area (Å²) in [5.41, 5.74) is 1.95. The Morgan fingerprint density at radius 3 is 2.79 bits per heavy atom. The van der Waals surface area contributed by atoms with E-state index >= 15 is 0 Å². The predicted octanol–water partition coefficient (Wildman–Crippen LogP) is 4.01. The molecule has 2 amide bonds. The molecule has 0 spiro atoms. The molecule has 1 aromatic carbocycles. The molecule has 0 saturated carbocycles. The number of nitrogens with one attached hydrogen (secondary N) is 1. The Bertz CT molecular complexity index is 654. The zero-order valence-corrected chi connectivity index (χ0v) is 14.5. The average Bonchev–Trinajstić information content (AvgIpc) is 2.98. The van der Waals surface area contributed by atoms with Gasteiger partial charge in [-0.1, -0.05) is 25.5 Å². The number of carbonyl (C=O) groups is 1. The molecular weight excluding hydrogens is 305 g/mol. The van der Waals surface area contributed by atoms with Crippen LogP contribution in [-0.4, -0.2) is 28.6 Å². The second-order valence-electron chi connectivity index (χ2n) is 5.87. The first-order valence-electron chi connectivity index (χ1n) is 8.55. The number of aromatic nitrogens is 1. The van der Waals surface area contributed by atoms with E-state index in [1.54, 1.807) is 12.1 Å². The van der Waals surface area contributed by atoms with Crippen molar-refractivity contribution in [3.63, 3.8) is 0 Å². The highest BCUT2D eigenvalue weighted by atomic mass is 19.1. The topological polar surface area (TPSA) is 37.3 Å². The lowest BCUT2D eigenvalue weighted by Gasteiger charge is -2.23. The second kappa shape index (κ2) is 9.11. The standard InChI is InChI=1S/C19H26FN3O/c1-3-5-11-23(19(24)21-4-2)15-18-10-7-12-22(18)14-16-8-6-9-17(20)13-16/h6-10,12-13H,3-5,11,14-15H2,1-2H3,(H,21,24). The summed E-state index contributed by atoms with van der Waals surface area (Å²) in [4.78, 5) is 14.1. The number of unbranched alkanes of at least 4 members (excludes halogenated alkanes) is 1. The van der Waals surface area contributed by atoms with E-state index in [1.165, 1.54) is 6.07 Å². The molecule has 5 heteroatoms. The van der Waals surface area contributed by atoms with Crippen LogP contribution in [0.15, 0.2) is 42.6 Å². The van der Waals surface area contributed by atoms with Gasteiger partial charge in [0.05, 0.1) is 6.54 Å². The highest BCUT2D eigenvalue weighted by Crippen LogP contribution is 2.12. The van der Waals surface area contributed by atoms with E-state index < -0.39 is 0 Å². The Kier molecular flexibility index (Phi) is 6.85. The molecule has 2 rings (SSSR count). The monoisotopic (exact) mass is 331 g/mol. The summed E-state index contributed by atoms with van der Waals surface area (Å²) >= 11 is 0. The Morgan fingerprint density at radius 1 is 1.25 bits per heavy atom. The largest absolute Gasteiger partial charge is 0.345 e. The highest BCUT2D eigenvalue weighted by Gasteiger charge is 2.14. The first-order chi connectivity index (χ1) is 11.6. The summed E-state index contributed by atoms with van der Waals surface area (Å²) in [6.45, 7) is 6.52. The van der Waals surface area contributed by atoms with Crippen LogP contribution in [0.2, 0.25) is 0 Å². The maximum atomic E-state index is 13.4. The lowest BCUT2D eigenvalue weighted by Crippen LogP contribution is -2.40. The van der Waals surface area contributed by atoms with Gasteiger partial charge in [-0.3, -0.25) is 0 Å². The SMILES string of the molecule is CCCCN(Cc1cccn1Cc1cccc(F)c1)C(=O)NCC. The lowest BCUT2D eigenvalue weighted by atomic mass is 10.2. The molecule has 1 heterocycles. The first kappa shape index (κ1) is 18.0. The summed E-state index contributed by atoms with van der Waals surface area (Å²) in [5.74, 6) is -0.229. The first-order valence-corrected chi connectivity index (χ1v) is 8.55. The normalized spacial score (nSPS) is 10.6. The third-order valence-corrected chi connectivity index (χ3v) is 3.92. The van der Waals surface area contributed by atoms with Gasteiger partial charge in [0.25, 0.3) is 0 Å². The predicted molar refractivity (Wildman–Crippen MR) is 94.3 cm³/mol. The molecule has 0 atom stereocenters. The third-order valence-electron chi connectivity index (χ3n) is 3.92. The minimum atomic E-state index is -0.229. The number of carbonyl (C=O) groups excluding carboxylic acids is 1. The number of rotatable bonds is 8. The van der Waals surface area contributed by atoms with E-state index in [1.807, 2.05) is 36.2 Å². The van der Waals surface area contributed by atoms with E-state index in [2.05, 4.69) is 16.8 Å². The zero-order chi connectivity index (χ0) is 17.4. The van der Waals surface area contributed by atoms with Gasteiger partial charge in [-0.05, 0) is 43.2 Å². The molecular formula is C19H26FN3O. The van der Waals surface area contributed by atoms with Crippen molar-refractivity contribution in [2.24, 2.45) is 0 Å². The summed E-state index contributed by atoms with van der Waals surface area (Å²) in [7, 11) is 0. The number of halogens is 1. The average molecular weight is 331 g/mol. The van der Waals surface area contributed by atoms with Gasteiger partial charge in [0.1, 0.15) is 5.82 Å². The molecule has 2 aromatic rings. The molecule has 1 aromatic heterocycles. The van der Waals surface area contributed by atoms with Gasteiger partial charge in [0, 0.05) is 31.5 Å². The Hall–Kier alpha value is -2.30. The third kappa shape index (κ3) is 5.11. The fourth-order valence-electron chi connectivity index (χ4n) is 2.64. The van der Waals surface area contributed by atoms with Crippen molar-refractivity contribution in [1.29, 1.82) is 0 Å². The Labute approximate surface area is 143 Å². The van der Waals surface area contributed by atoms with Crippen molar-refractivity contribution in [3.05, 3.63) is 59.7 Å².